The van der Waals surface area contributed by atoms with Crippen LogP contribution in [0.25, 0.3) is 0 Å². The minimum absolute atomic E-state index is 0. The predicted molar refractivity (Wildman–Crippen MR) is 117 cm³/mol. The molecule has 0 saturated heterocycles. The molecule has 0 spiro atoms. The van der Waals surface area contributed by atoms with Crippen molar-refractivity contribution in [2.24, 2.45) is 4.99 Å². The Morgan fingerprint density at radius 1 is 1.08 bits per heavy atom. The normalized spacial score (nSPS) is 13.0. The van der Waals surface area contributed by atoms with Gasteiger partial charge in [0.1, 0.15) is 0 Å². The molecule has 0 atom stereocenters. The second kappa shape index (κ2) is 10.2. The van der Waals surface area contributed by atoms with Crippen LogP contribution >= 0.6 is 24.0 Å². The molecule has 1 aliphatic rings. The lowest BCUT2D eigenvalue weighted by Gasteiger charge is -2.18. The summed E-state index contributed by atoms with van der Waals surface area (Å²) >= 11 is 0. The van der Waals surface area contributed by atoms with Crippen LogP contribution in [0.2, 0.25) is 0 Å². The highest BCUT2D eigenvalue weighted by molar-refractivity contribution is 14.0. The number of anilines is 1. The largest absolute Gasteiger partial charge is 0.356 e. The maximum atomic E-state index is 12.5. The van der Waals surface area contributed by atoms with Gasteiger partial charge in [0.15, 0.2) is 5.96 Å². The van der Waals surface area contributed by atoms with Crippen LogP contribution in [0.5, 0.6) is 0 Å². The zero-order valence-electron chi connectivity index (χ0n) is 14.9. The number of hydrogen-bond acceptors (Lipinski definition) is 2. The number of carbonyl (C=O) groups is 1. The molecule has 0 bridgehead atoms. The van der Waals surface area contributed by atoms with Crippen molar-refractivity contribution in [3.05, 3.63) is 65.7 Å². The smallest absolute Gasteiger partial charge is 0.246 e. The molecule has 138 valence electrons. The number of halogens is 1. The third-order valence-electron chi connectivity index (χ3n) is 4.37. The van der Waals surface area contributed by atoms with Gasteiger partial charge in [-0.3, -0.25) is 9.79 Å². The zero-order valence-corrected chi connectivity index (χ0v) is 17.3. The monoisotopic (exact) mass is 464 g/mol. The molecule has 5 nitrogen and oxygen atoms in total. The van der Waals surface area contributed by atoms with Crippen molar-refractivity contribution >= 4 is 41.5 Å². The molecule has 1 aliphatic heterocycles. The number of guanidine groups is 1. The molecule has 0 radical (unpaired) electrons. The molecule has 3 rings (SSSR count). The van der Waals surface area contributed by atoms with Crippen molar-refractivity contribution in [2.75, 3.05) is 31.6 Å². The highest BCUT2D eigenvalue weighted by Crippen LogP contribution is 2.27. The van der Waals surface area contributed by atoms with Crippen molar-refractivity contribution in [1.29, 1.82) is 0 Å². The molecule has 1 amide bonds. The van der Waals surface area contributed by atoms with Gasteiger partial charge in [-0.25, -0.2) is 0 Å². The third-order valence-corrected chi connectivity index (χ3v) is 4.37. The summed E-state index contributed by atoms with van der Waals surface area (Å²) in [6.45, 7) is 1.75. The van der Waals surface area contributed by atoms with E-state index in [1.165, 1.54) is 11.1 Å². The van der Waals surface area contributed by atoms with Gasteiger partial charge in [-0.15, -0.1) is 24.0 Å². The van der Waals surface area contributed by atoms with Crippen LogP contribution in [0.3, 0.4) is 0 Å². The minimum atomic E-state index is 0. The number of nitrogens with one attached hydrogen (secondary N) is 2. The summed E-state index contributed by atoms with van der Waals surface area (Å²) in [7, 11) is 1.72. The van der Waals surface area contributed by atoms with E-state index in [0.29, 0.717) is 5.96 Å². The van der Waals surface area contributed by atoms with Crippen LogP contribution in [0.15, 0.2) is 59.6 Å². The molecular formula is C20H25IN4O. The molecule has 0 aliphatic carbocycles. The summed E-state index contributed by atoms with van der Waals surface area (Å²) in [5, 5.41) is 6.36. The maximum absolute atomic E-state index is 12.5. The van der Waals surface area contributed by atoms with E-state index in [0.717, 1.165) is 31.6 Å². The van der Waals surface area contributed by atoms with Gasteiger partial charge in [0.2, 0.25) is 5.91 Å². The summed E-state index contributed by atoms with van der Waals surface area (Å²) in [6.07, 6.45) is 1.83. The summed E-state index contributed by atoms with van der Waals surface area (Å²) < 4.78 is 0. The summed E-state index contributed by atoms with van der Waals surface area (Å²) in [5.41, 5.74) is 3.54. The standard InChI is InChI=1S/C20H24N4O.HI/c1-21-20(22-13-11-16-7-3-2-4-8-16)23-15-19(25)24-14-12-17-9-5-6-10-18(17)24;/h2-10H,11-15H2,1H3,(H2,21,22,23);1H. The van der Waals surface area contributed by atoms with Gasteiger partial charge in [0.05, 0.1) is 6.54 Å². The first-order valence-corrected chi connectivity index (χ1v) is 8.64. The summed E-state index contributed by atoms with van der Waals surface area (Å²) in [6, 6.07) is 18.4. The fraction of sp³-hybridized carbons (Fsp3) is 0.300. The van der Waals surface area contributed by atoms with E-state index in [4.69, 9.17) is 0 Å². The fourth-order valence-corrected chi connectivity index (χ4v) is 3.04. The number of carbonyl (C=O) groups excluding carboxylic acids is 1. The van der Waals surface area contributed by atoms with Gasteiger partial charge in [-0.1, -0.05) is 48.5 Å². The summed E-state index contributed by atoms with van der Waals surface area (Å²) in [4.78, 5) is 18.5. The highest BCUT2D eigenvalue weighted by Gasteiger charge is 2.23. The van der Waals surface area contributed by atoms with E-state index < -0.39 is 0 Å². The maximum Gasteiger partial charge on any atom is 0.246 e. The first-order chi connectivity index (χ1) is 12.3. The topological polar surface area (TPSA) is 56.7 Å². The van der Waals surface area contributed by atoms with E-state index in [2.05, 4.69) is 33.8 Å². The average Bonchev–Trinajstić information content (AvgIpc) is 3.09. The number of hydrogen-bond donors (Lipinski definition) is 2. The van der Waals surface area contributed by atoms with Gasteiger partial charge in [-0.05, 0) is 30.0 Å². The Balaban J connectivity index is 0.00000243. The Labute approximate surface area is 171 Å². The second-order valence-corrected chi connectivity index (χ2v) is 6.01. The quantitative estimate of drug-likeness (QED) is 0.407. The zero-order chi connectivity index (χ0) is 17.5. The molecular weight excluding hydrogens is 439 g/mol. The predicted octanol–water partition coefficient (Wildman–Crippen LogP) is 2.60. The Kier molecular flexibility index (Phi) is 7.90. The van der Waals surface area contributed by atoms with Crippen molar-refractivity contribution in [1.82, 2.24) is 10.6 Å². The number of rotatable bonds is 5. The SMILES string of the molecule is CN=C(NCCc1ccccc1)NCC(=O)N1CCc2ccccc21.I. The van der Waals surface area contributed by atoms with Crippen LogP contribution in [0.1, 0.15) is 11.1 Å². The van der Waals surface area contributed by atoms with Gasteiger partial charge in [0.25, 0.3) is 0 Å². The molecule has 26 heavy (non-hydrogen) atoms. The Hall–Kier alpha value is -2.09. The number of amides is 1. The number of aliphatic imine (C=N–C) groups is 1. The van der Waals surface area contributed by atoms with Crippen LogP contribution in [-0.4, -0.2) is 38.5 Å². The fourth-order valence-electron chi connectivity index (χ4n) is 3.04. The van der Waals surface area contributed by atoms with E-state index >= 15 is 0 Å². The van der Waals surface area contributed by atoms with E-state index in [1.54, 1.807) is 7.05 Å². The van der Waals surface area contributed by atoms with Gasteiger partial charge < -0.3 is 15.5 Å². The highest BCUT2D eigenvalue weighted by atomic mass is 127. The first-order valence-electron chi connectivity index (χ1n) is 8.64. The average molecular weight is 464 g/mol. The third kappa shape index (κ3) is 5.20. The van der Waals surface area contributed by atoms with E-state index in [9.17, 15) is 4.79 Å². The van der Waals surface area contributed by atoms with Crippen molar-refractivity contribution in [2.45, 2.75) is 12.8 Å². The lowest BCUT2D eigenvalue weighted by atomic mass is 10.1. The van der Waals surface area contributed by atoms with Crippen molar-refractivity contribution in [3.63, 3.8) is 0 Å². The molecule has 0 fully saturated rings. The van der Waals surface area contributed by atoms with Gasteiger partial charge in [-0.2, -0.15) is 0 Å². The van der Waals surface area contributed by atoms with E-state index in [-0.39, 0.29) is 36.4 Å². The molecule has 2 N–H and O–H groups in total. The van der Waals surface area contributed by atoms with Crippen molar-refractivity contribution < 1.29 is 4.79 Å². The number of benzene rings is 2. The number of nitrogens with zero attached hydrogens (tertiary/aromatic N) is 2. The minimum Gasteiger partial charge on any atom is -0.356 e. The van der Waals surface area contributed by atoms with Gasteiger partial charge >= 0.3 is 0 Å². The van der Waals surface area contributed by atoms with Crippen LogP contribution in [0.4, 0.5) is 5.69 Å². The molecule has 6 heteroatoms. The van der Waals surface area contributed by atoms with Crippen LogP contribution < -0.4 is 15.5 Å². The lowest BCUT2D eigenvalue weighted by Crippen LogP contribution is -2.44. The number of para-hydroxylation sites is 1. The summed E-state index contributed by atoms with van der Waals surface area (Å²) in [5.74, 6) is 0.715. The Morgan fingerprint density at radius 2 is 1.81 bits per heavy atom. The van der Waals surface area contributed by atoms with Crippen LogP contribution in [0, 0.1) is 0 Å². The molecule has 0 unspecified atom stereocenters. The second-order valence-electron chi connectivity index (χ2n) is 6.01. The molecule has 2 aromatic rings. The number of fused-ring (bicyclic) bond motifs is 1. The van der Waals surface area contributed by atoms with E-state index in [1.807, 2.05) is 41.3 Å². The molecule has 0 aromatic heterocycles. The van der Waals surface area contributed by atoms with Crippen LogP contribution in [-0.2, 0) is 17.6 Å². The first kappa shape index (κ1) is 20.2. The molecule has 0 saturated carbocycles. The van der Waals surface area contributed by atoms with Crippen molar-refractivity contribution in [3.8, 4) is 0 Å². The lowest BCUT2D eigenvalue weighted by molar-refractivity contribution is -0.117. The van der Waals surface area contributed by atoms with Gasteiger partial charge in [0, 0.05) is 25.8 Å². The Morgan fingerprint density at radius 3 is 2.58 bits per heavy atom. The Bertz CT molecular complexity index is 748. The molecule has 1 heterocycles. The molecule has 2 aromatic carbocycles.